The lowest BCUT2D eigenvalue weighted by molar-refractivity contribution is 0.155. The Morgan fingerprint density at radius 3 is 2.64 bits per heavy atom. The zero-order valence-electron chi connectivity index (χ0n) is 15.3. The molecule has 1 aliphatic heterocycles. The van der Waals surface area contributed by atoms with Gasteiger partial charge in [0.1, 0.15) is 0 Å². The predicted molar refractivity (Wildman–Crippen MR) is 100 cm³/mol. The first-order chi connectivity index (χ1) is 12.2. The van der Waals surface area contributed by atoms with E-state index in [0.717, 1.165) is 57.0 Å². The Kier molecular flexibility index (Phi) is 8.23. The van der Waals surface area contributed by atoms with Crippen LogP contribution >= 0.6 is 0 Å². The monoisotopic (exact) mass is 343 g/mol. The summed E-state index contributed by atoms with van der Waals surface area (Å²) in [5.41, 5.74) is 1.82. The van der Waals surface area contributed by atoms with E-state index in [1.165, 1.54) is 0 Å². The molecule has 0 aliphatic carbocycles. The average molecular weight is 343 g/mol. The van der Waals surface area contributed by atoms with Crippen LogP contribution in [0.2, 0.25) is 0 Å². The molecule has 1 aromatic carbocycles. The van der Waals surface area contributed by atoms with Gasteiger partial charge in [0.25, 0.3) is 0 Å². The highest BCUT2D eigenvalue weighted by Gasteiger charge is 2.19. The van der Waals surface area contributed by atoms with Crippen molar-refractivity contribution in [2.75, 3.05) is 40.4 Å². The molecular weight excluding hydrogens is 314 g/mol. The normalized spacial score (nSPS) is 16.4. The van der Waals surface area contributed by atoms with Gasteiger partial charge in [-0.1, -0.05) is 12.1 Å². The minimum Gasteiger partial charge on any atom is -0.385 e. The number of aliphatic imine (C=N–C) groups is 1. The van der Waals surface area contributed by atoms with Gasteiger partial charge < -0.3 is 20.3 Å². The van der Waals surface area contributed by atoms with Crippen LogP contribution in [0.3, 0.4) is 0 Å². The van der Waals surface area contributed by atoms with Gasteiger partial charge in [0.15, 0.2) is 5.96 Å². The van der Waals surface area contributed by atoms with Gasteiger partial charge in [0.05, 0.1) is 11.6 Å². The summed E-state index contributed by atoms with van der Waals surface area (Å²) in [4.78, 5) is 6.83. The molecule has 0 atom stereocenters. The average Bonchev–Trinajstić information content (AvgIpc) is 2.67. The third-order valence-electron chi connectivity index (χ3n) is 4.52. The van der Waals surface area contributed by atoms with E-state index in [1.54, 1.807) is 14.2 Å². The Bertz CT molecular complexity index is 570. The van der Waals surface area contributed by atoms with Crippen LogP contribution in [0.15, 0.2) is 29.3 Å². The van der Waals surface area contributed by atoms with Crippen molar-refractivity contribution in [1.29, 1.82) is 5.26 Å². The third kappa shape index (κ3) is 6.73. The molecule has 136 valence electrons. The highest BCUT2D eigenvalue weighted by Crippen LogP contribution is 2.10. The van der Waals surface area contributed by atoms with Crippen LogP contribution in [0.25, 0.3) is 0 Å². The summed E-state index contributed by atoms with van der Waals surface area (Å²) in [5.74, 6) is 0.835. The topological polar surface area (TPSA) is 72.7 Å². The first-order valence-corrected chi connectivity index (χ1v) is 8.92. The number of rotatable bonds is 7. The molecule has 25 heavy (non-hydrogen) atoms. The molecule has 2 rings (SSSR count). The predicted octanol–water partition coefficient (Wildman–Crippen LogP) is 1.72. The number of methoxy groups -OCH3 is 1. The second-order valence-electron chi connectivity index (χ2n) is 6.34. The molecule has 0 radical (unpaired) electrons. The van der Waals surface area contributed by atoms with Gasteiger partial charge in [-0.25, -0.2) is 0 Å². The van der Waals surface area contributed by atoms with Gasteiger partial charge in [0.2, 0.25) is 0 Å². The number of guanidine groups is 1. The highest BCUT2D eigenvalue weighted by atomic mass is 16.5. The van der Waals surface area contributed by atoms with E-state index < -0.39 is 0 Å². The van der Waals surface area contributed by atoms with Crippen molar-refractivity contribution < 1.29 is 4.74 Å². The Morgan fingerprint density at radius 1 is 1.32 bits per heavy atom. The number of nitriles is 1. The lowest BCUT2D eigenvalue weighted by Crippen LogP contribution is -2.48. The molecule has 0 saturated carbocycles. The van der Waals surface area contributed by atoms with Crippen molar-refractivity contribution in [3.63, 3.8) is 0 Å². The van der Waals surface area contributed by atoms with E-state index in [1.807, 2.05) is 24.3 Å². The Balaban J connectivity index is 1.70. The second kappa shape index (κ2) is 10.7. The first kappa shape index (κ1) is 19.2. The zero-order chi connectivity index (χ0) is 17.9. The lowest BCUT2D eigenvalue weighted by atomic mass is 10.1. The largest absolute Gasteiger partial charge is 0.385 e. The molecule has 1 saturated heterocycles. The molecule has 1 heterocycles. The molecule has 2 N–H and O–H groups in total. The molecule has 0 unspecified atom stereocenters. The van der Waals surface area contributed by atoms with Crippen molar-refractivity contribution in [2.24, 2.45) is 4.99 Å². The molecular formula is C19H29N5O. The second-order valence-corrected chi connectivity index (χ2v) is 6.34. The van der Waals surface area contributed by atoms with Crippen molar-refractivity contribution in [1.82, 2.24) is 15.5 Å². The Labute approximate surface area is 150 Å². The summed E-state index contributed by atoms with van der Waals surface area (Å²) in [5, 5.41) is 15.7. The molecule has 6 nitrogen and oxygen atoms in total. The molecule has 1 aromatic rings. The molecule has 0 aromatic heterocycles. The molecule has 1 fully saturated rings. The van der Waals surface area contributed by atoms with Gasteiger partial charge in [-0.15, -0.1) is 0 Å². The molecule has 6 heteroatoms. The summed E-state index contributed by atoms with van der Waals surface area (Å²) in [7, 11) is 3.56. The van der Waals surface area contributed by atoms with Crippen molar-refractivity contribution in [3.05, 3.63) is 35.4 Å². The first-order valence-electron chi connectivity index (χ1n) is 8.92. The van der Waals surface area contributed by atoms with E-state index in [2.05, 4.69) is 26.6 Å². The fourth-order valence-electron chi connectivity index (χ4n) is 3.00. The number of nitrogens with zero attached hydrogens (tertiary/aromatic N) is 3. The van der Waals surface area contributed by atoms with Crippen molar-refractivity contribution >= 4 is 5.96 Å². The van der Waals surface area contributed by atoms with Gasteiger partial charge in [-0.05, 0) is 37.0 Å². The van der Waals surface area contributed by atoms with Crippen LogP contribution in [-0.2, 0) is 11.3 Å². The van der Waals surface area contributed by atoms with Crippen LogP contribution in [0.1, 0.15) is 30.4 Å². The Hall–Kier alpha value is -2.10. The number of nitrogens with one attached hydrogen (secondary N) is 2. The van der Waals surface area contributed by atoms with Gasteiger partial charge in [0, 0.05) is 53.0 Å². The van der Waals surface area contributed by atoms with Crippen LogP contribution in [0, 0.1) is 11.3 Å². The maximum Gasteiger partial charge on any atom is 0.191 e. The quantitative estimate of drug-likeness (QED) is 0.448. The fourth-order valence-corrected chi connectivity index (χ4v) is 3.00. The molecule has 0 amide bonds. The van der Waals surface area contributed by atoms with Crippen LogP contribution in [-0.4, -0.2) is 57.3 Å². The fraction of sp³-hybridized carbons (Fsp3) is 0.579. The van der Waals surface area contributed by atoms with Crippen molar-refractivity contribution in [2.45, 2.75) is 31.8 Å². The minimum absolute atomic E-state index is 0.464. The van der Waals surface area contributed by atoms with E-state index in [9.17, 15) is 0 Å². The summed E-state index contributed by atoms with van der Waals surface area (Å²) in [6.45, 7) is 4.89. The van der Waals surface area contributed by atoms with E-state index in [0.29, 0.717) is 18.2 Å². The van der Waals surface area contributed by atoms with E-state index in [-0.39, 0.29) is 0 Å². The van der Waals surface area contributed by atoms with Crippen LogP contribution in [0.5, 0.6) is 0 Å². The third-order valence-corrected chi connectivity index (χ3v) is 4.52. The van der Waals surface area contributed by atoms with Crippen molar-refractivity contribution in [3.8, 4) is 6.07 Å². The number of hydrogen-bond donors (Lipinski definition) is 2. The van der Waals surface area contributed by atoms with Gasteiger partial charge in [-0.3, -0.25) is 4.99 Å². The van der Waals surface area contributed by atoms with Gasteiger partial charge in [-0.2, -0.15) is 5.26 Å². The SMILES string of the molecule is CN=C(NCc1ccc(C#N)cc1)NC1CCN(CCCOC)CC1. The van der Waals surface area contributed by atoms with Gasteiger partial charge >= 0.3 is 0 Å². The van der Waals surface area contributed by atoms with E-state index in [4.69, 9.17) is 10.00 Å². The summed E-state index contributed by atoms with van der Waals surface area (Å²) >= 11 is 0. The smallest absolute Gasteiger partial charge is 0.191 e. The molecule has 1 aliphatic rings. The minimum atomic E-state index is 0.464. The number of benzene rings is 1. The lowest BCUT2D eigenvalue weighted by Gasteiger charge is -2.33. The summed E-state index contributed by atoms with van der Waals surface area (Å²) in [6, 6.07) is 10.2. The Morgan fingerprint density at radius 2 is 2.04 bits per heavy atom. The number of likely N-dealkylation sites (tertiary alicyclic amines) is 1. The van der Waals surface area contributed by atoms with Crippen LogP contribution in [0.4, 0.5) is 0 Å². The maximum absolute atomic E-state index is 8.84. The standard InChI is InChI=1S/C19H29N5O/c1-21-19(22-15-17-6-4-16(14-20)5-7-17)23-18-8-11-24(12-9-18)10-3-13-25-2/h4-7,18H,3,8-13,15H2,1-2H3,(H2,21,22,23). The van der Waals surface area contributed by atoms with E-state index >= 15 is 0 Å². The maximum atomic E-state index is 8.84. The number of piperidine rings is 1. The summed E-state index contributed by atoms with van der Waals surface area (Å²) in [6.07, 6.45) is 3.36. The summed E-state index contributed by atoms with van der Waals surface area (Å²) < 4.78 is 5.12. The number of ether oxygens (including phenoxy) is 1. The molecule has 0 spiro atoms. The van der Waals surface area contributed by atoms with Crippen LogP contribution < -0.4 is 10.6 Å². The number of hydrogen-bond acceptors (Lipinski definition) is 4. The highest BCUT2D eigenvalue weighted by molar-refractivity contribution is 5.79. The zero-order valence-corrected chi connectivity index (χ0v) is 15.3. The molecule has 0 bridgehead atoms.